The van der Waals surface area contributed by atoms with Gasteiger partial charge in [-0.25, -0.2) is 0 Å². The smallest absolute Gasteiger partial charge is 0.264 e. The molecule has 0 bridgehead atoms. The third-order valence-electron chi connectivity index (χ3n) is 2.77. The van der Waals surface area contributed by atoms with E-state index in [2.05, 4.69) is 0 Å². The molecule has 2 rings (SSSR count). The fourth-order valence-corrected chi connectivity index (χ4v) is 3.10. The van der Waals surface area contributed by atoms with Gasteiger partial charge in [-0.15, -0.1) is 22.9 Å². The molecule has 1 aliphatic rings. The average Bonchev–Trinajstić information content (AvgIpc) is 2.84. The van der Waals surface area contributed by atoms with E-state index in [1.165, 1.54) is 4.88 Å². The van der Waals surface area contributed by atoms with Crippen molar-refractivity contribution in [2.45, 2.75) is 25.8 Å². The van der Waals surface area contributed by atoms with E-state index in [0.717, 1.165) is 24.3 Å². The van der Waals surface area contributed by atoms with Crippen LogP contribution in [-0.2, 0) is 0 Å². The fraction of sp³-hybridized carbons (Fsp3) is 0.545. The molecule has 15 heavy (non-hydrogen) atoms. The summed E-state index contributed by atoms with van der Waals surface area (Å²) in [6.07, 6.45) is 2.12. The Morgan fingerprint density at radius 2 is 2.47 bits per heavy atom. The molecule has 82 valence electrons. The van der Waals surface area contributed by atoms with Crippen molar-refractivity contribution in [2.24, 2.45) is 0 Å². The zero-order valence-electron chi connectivity index (χ0n) is 8.70. The summed E-state index contributed by atoms with van der Waals surface area (Å²) in [5.74, 6) is 0.701. The third kappa shape index (κ3) is 2.18. The predicted molar refractivity (Wildman–Crippen MR) is 63.8 cm³/mol. The number of nitrogens with zero attached hydrogens (tertiary/aromatic N) is 1. The van der Waals surface area contributed by atoms with Gasteiger partial charge in [0.15, 0.2) is 0 Å². The molecule has 1 saturated heterocycles. The summed E-state index contributed by atoms with van der Waals surface area (Å²) < 4.78 is 0. The number of carbonyl (C=O) groups excluding carboxylic acids is 1. The summed E-state index contributed by atoms with van der Waals surface area (Å²) in [6.45, 7) is 2.87. The second-order valence-corrected chi connectivity index (χ2v) is 5.46. The molecule has 1 amide bonds. The van der Waals surface area contributed by atoms with Crippen LogP contribution in [0.5, 0.6) is 0 Å². The van der Waals surface area contributed by atoms with Crippen LogP contribution in [-0.4, -0.2) is 29.3 Å². The molecule has 0 aromatic carbocycles. The van der Waals surface area contributed by atoms with Crippen LogP contribution < -0.4 is 0 Å². The standard InChI is InChI=1S/C11H14ClNOS/c1-8-4-5-10(15-8)11(14)13-6-2-3-9(13)7-12/h4-5,9H,2-3,6-7H2,1H3. The Labute approximate surface area is 98.8 Å². The first kappa shape index (κ1) is 11.0. The first-order valence-electron chi connectivity index (χ1n) is 5.15. The average molecular weight is 244 g/mol. The Bertz CT molecular complexity index is 363. The molecule has 1 aromatic rings. The van der Waals surface area contributed by atoms with Gasteiger partial charge in [0, 0.05) is 23.3 Å². The van der Waals surface area contributed by atoms with Crippen molar-refractivity contribution in [3.8, 4) is 0 Å². The summed E-state index contributed by atoms with van der Waals surface area (Å²) in [6, 6.07) is 4.14. The molecule has 4 heteroatoms. The highest BCUT2D eigenvalue weighted by molar-refractivity contribution is 7.13. The van der Waals surface area contributed by atoms with Crippen molar-refractivity contribution in [2.75, 3.05) is 12.4 Å². The van der Waals surface area contributed by atoms with E-state index in [9.17, 15) is 4.79 Å². The first-order valence-corrected chi connectivity index (χ1v) is 6.51. The van der Waals surface area contributed by atoms with Gasteiger partial charge in [0.05, 0.1) is 4.88 Å². The molecular weight excluding hydrogens is 230 g/mol. The minimum Gasteiger partial charge on any atom is -0.334 e. The SMILES string of the molecule is Cc1ccc(C(=O)N2CCCC2CCl)s1. The maximum Gasteiger partial charge on any atom is 0.264 e. The molecule has 1 aromatic heterocycles. The number of alkyl halides is 1. The van der Waals surface area contributed by atoms with Crippen molar-refractivity contribution in [3.05, 3.63) is 21.9 Å². The summed E-state index contributed by atoms with van der Waals surface area (Å²) >= 11 is 7.41. The van der Waals surface area contributed by atoms with E-state index in [1.807, 2.05) is 24.0 Å². The Morgan fingerprint density at radius 3 is 3.07 bits per heavy atom. The van der Waals surface area contributed by atoms with E-state index >= 15 is 0 Å². The molecule has 0 aliphatic carbocycles. The van der Waals surface area contributed by atoms with Crippen molar-refractivity contribution < 1.29 is 4.79 Å². The Hall–Kier alpha value is -0.540. The molecule has 1 aliphatic heterocycles. The number of hydrogen-bond donors (Lipinski definition) is 0. The highest BCUT2D eigenvalue weighted by Gasteiger charge is 2.29. The van der Waals surface area contributed by atoms with Crippen LogP contribution in [0.3, 0.4) is 0 Å². The number of halogens is 1. The zero-order valence-corrected chi connectivity index (χ0v) is 10.3. The van der Waals surface area contributed by atoms with Crippen molar-refractivity contribution >= 4 is 28.8 Å². The number of carbonyl (C=O) groups is 1. The Kier molecular flexibility index (Phi) is 3.32. The normalized spacial score (nSPS) is 20.9. The molecule has 2 nitrogen and oxygen atoms in total. The van der Waals surface area contributed by atoms with Crippen molar-refractivity contribution in [1.82, 2.24) is 4.90 Å². The molecule has 0 saturated carbocycles. The Balaban J connectivity index is 2.13. The topological polar surface area (TPSA) is 20.3 Å². The molecule has 0 N–H and O–H groups in total. The number of amides is 1. The van der Waals surface area contributed by atoms with Crippen LogP contribution >= 0.6 is 22.9 Å². The lowest BCUT2D eigenvalue weighted by atomic mass is 10.2. The number of likely N-dealkylation sites (tertiary alicyclic amines) is 1. The second kappa shape index (κ2) is 4.54. The van der Waals surface area contributed by atoms with Gasteiger partial charge in [0.25, 0.3) is 5.91 Å². The van der Waals surface area contributed by atoms with Gasteiger partial charge >= 0.3 is 0 Å². The monoisotopic (exact) mass is 243 g/mol. The molecule has 2 heterocycles. The maximum absolute atomic E-state index is 12.1. The minimum absolute atomic E-state index is 0.149. The van der Waals surface area contributed by atoms with E-state index in [0.29, 0.717) is 5.88 Å². The fourth-order valence-electron chi connectivity index (χ4n) is 1.95. The van der Waals surface area contributed by atoms with Crippen molar-refractivity contribution in [3.63, 3.8) is 0 Å². The third-order valence-corrected chi connectivity index (χ3v) is 4.11. The number of thiophene rings is 1. The Morgan fingerprint density at radius 1 is 1.67 bits per heavy atom. The number of aryl methyl sites for hydroxylation is 1. The molecule has 1 atom stereocenters. The molecule has 1 fully saturated rings. The van der Waals surface area contributed by atoms with E-state index in [-0.39, 0.29) is 11.9 Å². The van der Waals surface area contributed by atoms with Gasteiger partial charge in [0.2, 0.25) is 0 Å². The maximum atomic E-state index is 12.1. The second-order valence-electron chi connectivity index (χ2n) is 3.86. The lowest BCUT2D eigenvalue weighted by molar-refractivity contribution is 0.0754. The van der Waals surface area contributed by atoms with Gasteiger partial charge in [-0.2, -0.15) is 0 Å². The summed E-state index contributed by atoms with van der Waals surface area (Å²) in [4.78, 5) is 16.0. The van der Waals surface area contributed by atoms with Gasteiger partial charge < -0.3 is 4.90 Å². The zero-order chi connectivity index (χ0) is 10.8. The largest absolute Gasteiger partial charge is 0.334 e. The van der Waals surface area contributed by atoms with Crippen LogP contribution in [0.25, 0.3) is 0 Å². The van der Waals surface area contributed by atoms with E-state index in [1.54, 1.807) is 11.3 Å². The lowest BCUT2D eigenvalue weighted by Crippen LogP contribution is -2.36. The lowest BCUT2D eigenvalue weighted by Gasteiger charge is -2.22. The quantitative estimate of drug-likeness (QED) is 0.732. The first-order chi connectivity index (χ1) is 7.22. The van der Waals surface area contributed by atoms with Crippen LogP contribution in [0, 0.1) is 6.92 Å². The summed E-state index contributed by atoms with van der Waals surface area (Å²) in [5.41, 5.74) is 0. The van der Waals surface area contributed by atoms with Gasteiger partial charge in [-0.3, -0.25) is 4.79 Å². The van der Waals surface area contributed by atoms with Crippen LogP contribution in [0.1, 0.15) is 27.4 Å². The molecule has 0 radical (unpaired) electrons. The van der Waals surface area contributed by atoms with Crippen LogP contribution in [0.2, 0.25) is 0 Å². The van der Waals surface area contributed by atoms with Gasteiger partial charge in [0.1, 0.15) is 0 Å². The van der Waals surface area contributed by atoms with Crippen LogP contribution in [0.15, 0.2) is 12.1 Å². The van der Waals surface area contributed by atoms with Crippen LogP contribution in [0.4, 0.5) is 0 Å². The van der Waals surface area contributed by atoms with Gasteiger partial charge in [-0.1, -0.05) is 0 Å². The van der Waals surface area contributed by atoms with Crippen molar-refractivity contribution in [1.29, 1.82) is 0 Å². The van der Waals surface area contributed by atoms with Gasteiger partial charge in [-0.05, 0) is 31.9 Å². The van der Waals surface area contributed by atoms with E-state index in [4.69, 9.17) is 11.6 Å². The summed E-state index contributed by atoms with van der Waals surface area (Å²) in [7, 11) is 0. The highest BCUT2D eigenvalue weighted by Crippen LogP contribution is 2.24. The van der Waals surface area contributed by atoms with E-state index < -0.39 is 0 Å². The molecule has 0 spiro atoms. The minimum atomic E-state index is 0.149. The highest BCUT2D eigenvalue weighted by atomic mass is 35.5. The number of rotatable bonds is 2. The number of hydrogen-bond acceptors (Lipinski definition) is 2. The molecular formula is C11H14ClNOS. The predicted octanol–water partition coefficient (Wildman–Crippen LogP) is 2.90. The molecule has 1 unspecified atom stereocenters. The summed E-state index contributed by atoms with van der Waals surface area (Å²) in [5, 5.41) is 0.